The molecule has 0 saturated heterocycles. The molecule has 1 saturated carbocycles. The van der Waals surface area contributed by atoms with E-state index in [1.54, 1.807) is 0 Å². The van der Waals surface area contributed by atoms with Crippen molar-refractivity contribution in [3.8, 4) is 0 Å². The van der Waals surface area contributed by atoms with Crippen LogP contribution in [0.1, 0.15) is 31.9 Å². The van der Waals surface area contributed by atoms with Crippen molar-refractivity contribution in [1.82, 2.24) is 20.3 Å². The van der Waals surface area contributed by atoms with Gasteiger partial charge in [0.15, 0.2) is 0 Å². The molecule has 1 heterocycles. The normalized spacial score (nSPS) is 16.4. The van der Waals surface area contributed by atoms with Gasteiger partial charge in [-0.15, -0.1) is 5.10 Å². The van der Waals surface area contributed by atoms with Gasteiger partial charge in [0, 0.05) is 25.3 Å². The first kappa shape index (κ1) is 8.69. The Balaban J connectivity index is 1.81. The van der Waals surface area contributed by atoms with Crippen LogP contribution in [-0.4, -0.2) is 21.0 Å². The van der Waals surface area contributed by atoms with Gasteiger partial charge in [0.2, 0.25) is 0 Å². The standard InChI is InChI=1S/C9H16N4/c1-2-5-13-7-9(11-12-13)6-10-8-3-4-8/h7-8,10H,2-6H2,1H3. The second kappa shape index (κ2) is 3.87. The van der Waals surface area contributed by atoms with E-state index in [9.17, 15) is 0 Å². The highest BCUT2D eigenvalue weighted by molar-refractivity contribution is 4.94. The van der Waals surface area contributed by atoms with Gasteiger partial charge in [-0.1, -0.05) is 12.1 Å². The van der Waals surface area contributed by atoms with Gasteiger partial charge in [-0.2, -0.15) is 0 Å². The molecule has 1 fully saturated rings. The summed E-state index contributed by atoms with van der Waals surface area (Å²) in [5, 5.41) is 11.5. The lowest BCUT2D eigenvalue weighted by molar-refractivity contribution is 0.578. The van der Waals surface area contributed by atoms with E-state index in [2.05, 4.69) is 22.6 Å². The minimum atomic E-state index is 0.747. The van der Waals surface area contributed by atoms with Crippen molar-refractivity contribution in [2.75, 3.05) is 0 Å². The molecule has 1 aromatic rings. The summed E-state index contributed by atoms with van der Waals surface area (Å²) in [5.74, 6) is 0. The van der Waals surface area contributed by atoms with E-state index in [1.165, 1.54) is 12.8 Å². The maximum atomic E-state index is 4.08. The van der Waals surface area contributed by atoms with Crippen LogP contribution < -0.4 is 5.32 Å². The summed E-state index contributed by atoms with van der Waals surface area (Å²) >= 11 is 0. The average molecular weight is 180 g/mol. The smallest absolute Gasteiger partial charge is 0.0964 e. The summed E-state index contributed by atoms with van der Waals surface area (Å²) in [5.41, 5.74) is 1.06. The molecule has 0 bridgehead atoms. The number of nitrogens with zero attached hydrogens (tertiary/aromatic N) is 3. The Hall–Kier alpha value is -0.900. The molecular weight excluding hydrogens is 164 g/mol. The molecule has 13 heavy (non-hydrogen) atoms. The zero-order chi connectivity index (χ0) is 9.10. The van der Waals surface area contributed by atoms with Crippen molar-refractivity contribution in [3.63, 3.8) is 0 Å². The monoisotopic (exact) mass is 180 g/mol. The minimum Gasteiger partial charge on any atom is -0.308 e. The molecule has 4 heteroatoms. The molecule has 1 aliphatic rings. The van der Waals surface area contributed by atoms with Gasteiger partial charge in [-0.25, -0.2) is 0 Å². The molecule has 72 valence electrons. The number of rotatable bonds is 5. The van der Waals surface area contributed by atoms with Crippen LogP contribution in [0.15, 0.2) is 6.20 Å². The molecule has 0 unspecified atom stereocenters. The molecule has 0 aromatic carbocycles. The lowest BCUT2D eigenvalue weighted by Gasteiger charge is -1.96. The topological polar surface area (TPSA) is 42.7 Å². The molecule has 1 N–H and O–H groups in total. The first-order valence-electron chi connectivity index (χ1n) is 5.01. The SMILES string of the molecule is CCCn1cc(CNC2CC2)nn1. The third-order valence-corrected chi connectivity index (χ3v) is 2.19. The Kier molecular flexibility index (Phi) is 2.59. The molecule has 1 aliphatic carbocycles. The van der Waals surface area contributed by atoms with Gasteiger partial charge in [-0.3, -0.25) is 4.68 Å². The number of nitrogens with one attached hydrogen (secondary N) is 1. The van der Waals surface area contributed by atoms with Gasteiger partial charge >= 0.3 is 0 Å². The fourth-order valence-electron chi connectivity index (χ4n) is 1.29. The third-order valence-electron chi connectivity index (χ3n) is 2.19. The van der Waals surface area contributed by atoms with Crippen LogP contribution in [0, 0.1) is 0 Å². The Labute approximate surface area is 78.3 Å². The van der Waals surface area contributed by atoms with Gasteiger partial charge in [0.05, 0.1) is 5.69 Å². The predicted molar refractivity (Wildman–Crippen MR) is 50.2 cm³/mol. The Morgan fingerprint density at radius 2 is 2.46 bits per heavy atom. The second-order valence-electron chi connectivity index (χ2n) is 3.63. The van der Waals surface area contributed by atoms with E-state index in [0.717, 1.165) is 31.2 Å². The van der Waals surface area contributed by atoms with Crippen LogP contribution in [0.4, 0.5) is 0 Å². The lowest BCUT2D eigenvalue weighted by atomic mass is 10.4. The zero-order valence-corrected chi connectivity index (χ0v) is 8.03. The Bertz CT molecular complexity index is 264. The molecule has 0 aliphatic heterocycles. The van der Waals surface area contributed by atoms with E-state index in [0.29, 0.717) is 0 Å². The van der Waals surface area contributed by atoms with Crippen LogP contribution in [0.2, 0.25) is 0 Å². The van der Waals surface area contributed by atoms with E-state index in [1.807, 2.05) is 10.9 Å². The fourth-order valence-corrected chi connectivity index (χ4v) is 1.29. The molecular formula is C9H16N4. The quantitative estimate of drug-likeness (QED) is 0.733. The van der Waals surface area contributed by atoms with Gasteiger partial charge in [-0.05, 0) is 19.3 Å². The molecule has 2 rings (SSSR count). The minimum absolute atomic E-state index is 0.747. The molecule has 0 amide bonds. The molecule has 0 atom stereocenters. The zero-order valence-electron chi connectivity index (χ0n) is 8.03. The first-order valence-corrected chi connectivity index (χ1v) is 5.01. The highest BCUT2D eigenvalue weighted by Crippen LogP contribution is 2.18. The summed E-state index contributed by atoms with van der Waals surface area (Å²) in [7, 11) is 0. The van der Waals surface area contributed by atoms with Crippen molar-refractivity contribution in [2.45, 2.75) is 45.3 Å². The van der Waals surface area contributed by atoms with Gasteiger partial charge in [0.25, 0.3) is 0 Å². The maximum Gasteiger partial charge on any atom is 0.0964 e. The highest BCUT2D eigenvalue weighted by atomic mass is 15.4. The highest BCUT2D eigenvalue weighted by Gasteiger charge is 2.20. The first-order chi connectivity index (χ1) is 6.38. The van der Waals surface area contributed by atoms with Crippen LogP contribution >= 0.6 is 0 Å². The summed E-state index contributed by atoms with van der Waals surface area (Å²) in [6.07, 6.45) is 5.78. The summed E-state index contributed by atoms with van der Waals surface area (Å²) in [6.45, 7) is 3.98. The van der Waals surface area contributed by atoms with E-state index in [-0.39, 0.29) is 0 Å². The number of aromatic nitrogens is 3. The average Bonchev–Trinajstić information content (AvgIpc) is 2.85. The van der Waals surface area contributed by atoms with Crippen LogP contribution in [0.5, 0.6) is 0 Å². The predicted octanol–water partition coefficient (Wildman–Crippen LogP) is 0.940. The lowest BCUT2D eigenvalue weighted by Crippen LogP contribution is -2.15. The number of hydrogen-bond donors (Lipinski definition) is 1. The second-order valence-corrected chi connectivity index (χ2v) is 3.63. The van der Waals surface area contributed by atoms with Crippen molar-refractivity contribution in [2.24, 2.45) is 0 Å². The summed E-state index contributed by atoms with van der Waals surface area (Å²) < 4.78 is 1.91. The van der Waals surface area contributed by atoms with E-state index >= 15 is 0 Å². The largest absolute Gasteiger partial charge is 0.308 e. The summed E-state index contributed by atoms with van der Waals surface area (Å²) in [4.78, 5) is 0. The van der Waals surface area contributed by atoms with E-state index < -0.39 is 0 Å². The van der Waals surface area contributed by atoms with Gasteiger partial charge < -0.3 is 5.32 Å². The maximum absolute atomic E-state index is 4.08. The molecule has 0 spiro atoms. The van der Waals surface area contributed by atoms with Crippen molar-refractivity contribution in [3.05, 3.63) is 11.9 Å². The fraction of sp³-hybridized carbons (Fsp3) is 0.778. The van der Waals surface area contributed by atoms with Crippen molar-refractivity contribution >= 4 is 0 Å². The van der Waals surface area contributed by atoms with Crippen molar-refractivity contribution < 1.29 is 0 Å². The van der Waals surface area contributed by atoms with Crippen LogP contribution in [0.3, 0.4) is 0 Å². The third kappa shape index (κ3) is 2.52. The number of hydrogen-bond acceptors (Lipinski definition) is 3. The van der Waals surface area contributed by atoms with Crippen LogP contribution in [-0.2, 0) is 13.1 Å². The molecule has 1 aromatic heterocycles. The van der Waals surface area contributed by atoms with Gasteiger partial charge in [0.1, 0.15) is 0 Å². The Morgan fingerprint density at radius 3 is 3.15 bits per heavy atom. The summed E-state index contributed by atoms with van der Waals surface area (Å²) in [6, 6.07) is 0.747. The van der Waals surface area contributed by atoms with Crippen molar-refractivity contribution in [1.29, 1.82) is 0 Å². The number of aryl methyl sites for hydroxylation is 1. The van der Waals surface area contributed by atoms with E-state index in [4.69, 9.17) is 0 Å². The van der Waals surface area contributed by atoms with Crippen LogP contribution in [0.25, 0.3) is 0 Å². The molecule has 4 nitrogen and oxygen atoms in total. The molecule has 0 radical (unpaired) electrons. The Morgan fingerprint density at radius 1 is 1.62 bits per heavy atom.